The lowest BCUT2D eigenvalue weighted by Gasteiger charge is -1.90. The van der Waals surface area contributed by atoms with Gasteiger partial charge in [0.1, 0.15) is 0 Å². The van der Waals surface area contributed by atoms with Crippen molar-refractivity contribution in [1.82, 2.24) is 0 Å². The fraction of sp³-hybridized carbons (Fsp3) is 0.714. The van der Waals surface area contributed by atoms with Crippen molar-refractivity contribution in [3.8, 4) is 0 Å². The topological polar surface area (TPSA) is 20.2 Å². The molecule has 0 bridgehead atoms. The fourth-order valence-corrected chi connectivity index (χ4v) is 0.998. The molecular formula is C7H13ClO. The van der Waals surface area contributed by atoms with Crippen molar-refractivity contribution in [2.75, 3.05) is 0 Å². The summed E-state index contributed by atoms with van der Waals surface area (Å²) in [5.41, 5.74) is 0. The number of hydrogen-bond acceptors (Lipinski definition) is 1. The normalized spacial score (nSPS) is 19.3. The Hall–Kier alpha value is -0.170. The summed E-state index contributed by atoms with van der Waals surface area (Å²) in [6.07, 6.45) is 7.62. The molecule has 1 nitrogen and oxygen atoms in total. The summed E-state index contributed by atoms with van der Waals surface area (Å²) in [6, 6.07) is 0. The van der Waals surface area contributed by atoms with Crippen molar-refractivity contribution in [2.45, 2.75) is 32.1 Å². The Bertz CT molecular complexity index is 99.1. The highest BCUT2D eigenvalue weighted by Crippen LogP contribution is 2.13. The van der Waals surface area contributed by atoms with E-state index in [4.69, 9.17) is 5.11 Å². The highest BCUT2D eigenvalue weighted by atomic mass is 35.5. The summed E-state index contributed by atoms with van der Waals surface area (Å²) >= 11 is 0. The van der Waals surface area contributed by atoms with E-state index in [0.29, 0.717) is 5.76 Å². The molecule has 2 heteroatoms. The van der Waals surface area contributed by atoms with Gasteiger partial charge in [-0.25, -0.2) is 0 Å². The number of aliphatic hydroxyl groups excluding tert-OH is 1. The number of halogens is 1. The van der Waals surface area contributed by atoms with Gasteiger partial charge >= 0.3 is 0 Å². The molecule has 0 fully saturated rings. The van der Waals surface area contributed by atoms with E-state index in [1.165, 1.54) is 19.3 Å². The van der Waals surface area contributed by atoms with Crippen molar-refractivity contribution in [3.05, 3.63) is 11.8 Å². The second kappa shape index (κ2) is 4.68. The van der Waals surface area contributed by atoms with Crippen LogP contribution in [0.1, 0.15) is 32.1 Å². The summed E-state index contributed by atoms with van der Waals surface area (Å²) < 4.78 is 0. The maximum Gasteiger partial charge on any atom is 0.0882 e. The van der Waals surface area contributed by atoms with E-state index >= 15 is 0 Å². The fourth-order valence-electron chi connectivity index (χ4n) is 0.998. The van der Waals surface area contributed by atoms with Crippen LogP contribution in [0.3, 0.4) is 0 Å². The molecule has 0 spiro atoms. The van der Waals surface area contributed by atoms with Gasteiger partial charge in [0, 0.05) is 6.42 Å². The average molecular weight is 149 g/mol. The van der Waals surface area contributed by atoms with Gasteiger partial charge in [0.25, 0.3) is 0 Å². The van der Waals surface area contributed by atoms with Gasteiger partial charge in [0.15, 0.2) is 0 Å². The van der Waals surface area contributed by atoms with Crippen LogP contribution in [0.25, 0.3) is 0 Å². The van der Waals surface area contributed by atoms with Gasteiger partial charge in [-0.05, 0) is 25.3 Å². The minimum absolute atomic E-state index is 0. The number of hydrogen-bond donors (Lipinski definition) is 1. The van der Waals surface area contributed by atoms with Crippen LogP contribution >= 0.6 is 12.4 Å². The first-order chi connectivity index (χ1) is 3.89. The van der Waals surface area contributed by atoms with E-state index in [9.17, 15) is 0 Å². The summed E-state index contributed by atoms with van der Waals surface area (Å²) in [7, 11) is 0. The van der Waals surface area contributed by atoms with E-state index in [-0.39, 0.29) is 12.4 Å². The Kier molecular flexibility index (Phi) is 4.60. The van der Waals surface area contributed by atoms with Crippen molar-refractivity contribution < 1.29 is 5.11 Å². The zero-order valence-corrected chi connectivity index (χ0v) is 6.28. The van der Waals surface area contributed by atoms with Gasteiger partial charge in [-0.15, -0.1) is 12.4 Å². The second-order valence-electron chi connectivity index (χ2n) is 2.29. The monoisotopic (exact) mass is 148 g/mol. The molecule has 0 aliphatic heterocycles. The predicted molar refractivity (Wildman–Crippen MR) is 41.0 cm³/mol. The third-order valence-corrected chi connectivity index (χ3v) is 1.52. The molecule has 0 aromatic heterocycles. The molecule has 0 amide bonds. The van der Waals surface area contributed by atoms with Gasteiger partial charge in [-0.3, -0.25) is 0 Å². The summed E-state index contributed by atoms with van der Waals surface area (Å²) in [4.78, 5) is 0. The third kappa shape index (κ3) is 3.41. The van der Waals surface area contributed by atoms with Crippen LogP contribution in [0, 0.1) is 0 Å². The van der Waals surface area contributed by atoms with Gasteiger partial charge in [-0.1, -0.05) is 6.42 Å². The summed E-state index contributed by atoms with van der Waals surface area (Å²) in [5, 5.41) is 8.95. The molecule has 1 N–H and O–H groups in total. The molecule has 0 atom stereocenters. The lowest BCUT2D eigenvalue weighted by molar-refractivity contribution is 0.385. The van der Waals surface area contributed by atoms with Crippen molar-refractivity contribution in [2.24, 2.45) is 0 Å². The summed E-state index contributed by atoms with van der Waals surface area (Å²) in [6.45, 7) is 0. The van der Waals surface area contributed by atoms with Gasteiger partial charge in [0.2, 0.25) is 0 Å². The van der Waals surface area contributed by atoms with Crippen LogP contribution < -0.4 is 0 Å². The first-order valence-corrected chi connectivity index (χ1v) is 3.27. The van der Waals surface area contributed by atoms with Gasteiger partial charge < -0.3 is 5.11 Å². The zero-order chi connectivity index (χ0) is 5.82. The van der Waals surface area contributed by atoms with Crippen LogP contribution in [-0.4, -0.2) is 5.11 Å². The molecule has 1 rings (SSSR count). The molecule has 9 heavy (non-hydrogen) atoms. The molecule has 0 saturated carbocycles. The number of rotatable bonds is 0. The SMILES string of the molecule is Cl.OC1=CCCCCC1. The maximum absolute atomic E-state index is 8.95. The largest absolute Gasteiger partial charge is 0.513 e. The molecule has 0 aromatic rings. The van der Waals surface area contributed by atoms with Gasteiger partial charge in [0.05, 0.1) is 5.76 Å². The van der Waals surface area contributed by atoms with E-state index in [1.54, 1.807) is 0 Å². The average Bonchev–Trinajstić information content (AvgIpc) is 1.94. The number of allylic oxidation sites excluding steroid dienone is 2. The van der Waals surface area contributed by atoms with Crippen LogP contribution in [0.15, 0.2) is 11.8 Å². The zero-order valence-electron chi connectivity index (χ0n) is 5.47. The van der Waals surface area contributed by atoms with Crippen molar-refractivity contribution in [1.29, 1.82) is 0 Å². The molecule has 1 aliphatic rings. The lowest BCUT2D eigenvalue weighted by atomic mass is 10.2. The highest BCUT2D eigenvalue weighted by molar-refractivity contribution is 5.85. The standard InChI is InChI=1S/C7H12O.ClH/c8-7-5-3-1-2-4-6-7;/h5,8H,1-4,6H2;1H. The molecule has 0 heterocycles. The second-order valence-corrected chi connectivity index (χ2v) is 2.29. The van der Waals surface area contributed by atoms with Crippen molar-refractivity contribution >= 4 is 12.4 Å². The van der Waals surface area contributed by atoms with Gasteiger partial charge in [-0.2, -0.15) is 0 Å². The first kappa shape index (κ1) is 8.83. The van der Waals surface area contributed by atoms with Crippen LogP contribution in [-0.2, 0) is 0 Å². The molecule has 1 aliphatic carbocycles. The van der Waals surface area contributed by atoms with E-state index in [2.05, 4.69) is 0 Å². The highest BCUT2D eigenvalue weighted by Gasteiger charge is 1.97. The molecule has 54 valence electrons. The Morgan fingerprint density at radius 2 is 2.00 bits per heavy atom. The lowest BCUT2D eigenvalue weighted by Crippen LogP contribution is -1.75. The maximum atomic E-state index is 8.95. The van der Waals surface area contributed by atoms with Crippen LogP contribution in [0.5, 0.6) is 0 Å². The molecule has 0 unspecified atom stereocenters. The van der Waals surface area contributed by atoms with E-state index in [1.807, 2.05) is 6.08 Å². The summed E-state index contributed by atoms with van der Waals surface area (Å²) in [5.74, 6) is 0.600. The quantitative estimate of drug-likeness (QED) is 0.560. The third-order valence-electron chi connectivity index (χ3n) is 1.52. The minimum Gasteiger partial charge on any atom is -0.513 e. The Morgan fingerprint density at radius 3 is 2.78 bits per heavy atom. The smallest absolute Gasteiger partial charge is 0.0882 e. The Morgan fingerprint density at radius 1 is 1.22 bits per heavy atom. The van der Waals surface area contributed by atoms with Crippen LogP contribution in [0.4, 0.5) is 0 Å². The number of aliphatic hydroxyl groups is 1. The molecular weight excluding hydrogens is 136 g/mol. The first-order valence-electron chi connectivity index (χ1n) is 3.27. The molecule has 0 radical (unpaired) electrons. The Balaban J connectivity index is 0.000000640. The minimum atomic E-state index is 0. The Labute approximate surface area is 62.2 Å². The van der Waals surface area contributed by atoms with Crippen molar-refractivity contribution in [3.63, 3.8) is 0 Å². The van der Waals surface area contributed by atoms with E-state index in [0.717, 1.165) is 12.8 Å². The van der Waals surface area contributed by atoms with E-state index < -0.39 is 0 Å². The molecule has 0 aromatic carbocycles. The van der Waals surface area contributed by atoms with Crippen LogP contribution in [0.2, 0.25) is 0 Å². The predicted octanol–water partition coefficient (Wildman–Crippen LogP) is 2.81. The molecule has 0 saturated heterocycles.